The third-order valence-corrected chi connectivity index (χ3v) is 3.92. The van der Waals surface area contributed by atoms with Gasteiger partial charge in [-0.25, -0.2) is 0 Å². The molecule has 0 aliphatic carbocycles. The largest absolute Gasteiger partial charge is 0.490 e. The number of rotatable bonds is 7. The molecule has 0 bridgehead atoms. The molecule has 1 atom stereocenters. The molecule has 21 heavy (non-hydrogen) atoms. The first-order valence-corrected chi connectivity index (χ1v) is 8.04. The highest BCUT2D eigenvalue weighted by Gasteiger charge is 2.11. The Bertz CT molecular complexity index is 538. The molecule has 0 aromatic heterocycles. The molecule has 4 heteroatoms. The molecule has 0 saturated heterocycles. The summed E-state index contributed by atoms with van der Waals surface area (Å²) in [4.78, 5) is 0.945. The lowest BCUT2D eigenvalue weighted by Crippen LogP contribution is -2.21. The van der Waals surface area contributed by atoms with E-state index in [9.17, 15) is 5.11 Å². The summed E-state index contributed by atoms with van der Waals surface area (Å²) in [6.45, 7) is 0.115. The molecule has 0 saturated carbocycles. The molecule has 0 aliphatic heterocycles. The van der Waals surface area contributed by atoms with E-state index in [1.807, 2.05) is 48.5 Å². The fourth-order valence-electron chi connectivity index (χ4n) is 2.11. The summed E-state index contributed by atoms with van der Waals surface area (Å²) >= 11 is 8.53. The van der Waals surface area contributed by atoms with Crippen molar-refractivity contribution >= 4 is 25.3 Å². The van der Waals surface area contributed by atoms with Crippen molar-refractivity contribution < 1.29 is 9.84 Å². The Balaban J connectivity index is 2.02. The monoisotopic (exact) mass is 320 g/mol. The van der Waals surface area contributed by atoms with Gasteiger partial charge in [-0.1, -0.05) is 24.3 Å². The maximum atomic E-state index is 9.22. The smallest absolute Gasteiger partial charge is 0.119 e. The third kappa shape index (κ3) is 5.30. The van der Waals surface area contributed by atoms with Crippen molar-refractivity contribution in [1.82, 2.24) is 0 Å². The lowest BCUT2D eigenvalue weighted by Gasteiger charge is -2.19. The van der Waals surface area contributed by atoms with Crippen LogP contribution in [-0.2, 0) is 12.2 Å². The number of ether oxygens (including phenoxy) is 1. The van der Waals surface area contributed by atoms with Crippen LogP contribution in [0.2, 0.25) is 0 Å². The molecule has 0 radical (unpaired) electrons. The van der Waals surface area contributed by atoms with Crippen molar-refractivity contribution in [2.75, 3.05) is 6.61 Å². The molecule has 1 N–H and O–H groups in total. The van der Waals surface area contributed by atoms with E-state index in [-0.39, 0.29) is 12.7 Å². The normalized spacial score (nSPS) is 12.1. The van der Waals surface area contributed by atoms with Gasteiger partial charge in [0.2, 0.25) is 0 Å². The van der Waals surface area contributed by atoms with Crippen molar-refractivity contribution in [3.63, 3.8) is 0 Å². The van der Waals surface area contributed by atoms with Gasteiger partial charge in [0.05, 0.1) is 0 Å². The Labute approximate surface area is 137 Å². The Morgan fingerprint density at radius 3 is 2.14 bits per heavy atom. The van der Waals surface area contributed by atoms with Crippen molar-refractivity contribution in [3.05, 3.63) is 59.7 Å². The fourth-order valence-corrected chi connectivity index (χ4v) is 2.47. The molecule has 0 spiro atoms. The molecule has 2 aromatic rings. The van der Waals surface area contributed by atoms with Gasteiger partial charge in [0, 0.05) is 30.1 Å². The zero-order chi connectivity index (χ0) is 15.1. The molecule has 0 aliphatic rings. The Morgan fingerprint density at radius 2 is 1.57 bits per heavy atom. The van der Waals surface area contributed by atoms with Crippen LogP contribution in [0.4, 0.5) is 0 Å². The van der Waals surface area contributed by atoms with E-state index < -0.39 is 0 Å². The zero-order valence-corrected chi connectivity index (χ0v) is 13.6. The quantitative estimate of drug-likeness (QED) is 0.678. The summed E-state index contributed by atoms with van der Waals surface area (Å²) in [5.41, 5.74) is 2.34. The van der Waals surface area contributed by atoms with E-state index in [0.29, 0.717) is 6.42 Å². The van der Waals surface area contributed by atoms with Crippen LogP contribution < -0.4 is 4.74 Å². The second kappa shape index (κ2) is 8.37. The Morgan fingerprint density at radius 1 is 0.952 bits per heavy atom. The van der Waals surface area contributed by atoms with Gasteiger partial charge in [-0.15, -0.1) is 12.6 Å². The standard InChI is InChI=1S/C17H20O2S2/c18-10-9-16(11-13-3-7-17(21)8-4-13)19-15-5-1-14(12-20)2-6-15/h1-8,16,18,20-21H,9-12H2. The van der Waals surface area contributed by atoms with Crippen LogP contribution in [0, 0.1) is 0 Å². The lowest BCUT2D eigenvalue weighted by atomic mass is 10.1. The minimum atomic E-state index is -0.0392. The Kier molecular flexibility index (Phi) is 6.49. The van der Waals surface area contributed by atoms with E-state index in [1.165, 1.54) is 5.56 Å². The van der Waals surface area contributed by atoms with Gasteiger partial charge in [0.15, 0.2) is 0 Å². The first-order chi connectivity index (χ1) is 10.2. The van der Waals surface area contributed by atoms with Gasteiger partial charge in [0.25, 0.3) is 0 Å². The highest BCUT2D eigenvalue weighted by atomic mass is 32.1. The summed E-state index contributed by atoms with van der Waals surface area (Å²) in [6.07, 6.45) is 1.34. The summed E-state index contributed by atoms with van der Waals surface area (Å²) in [5, 5.41) is 9.22. The topological polar surface area (TPSA) is 29.5 Å². The molecule has 0 amide bonds. The van der Waals surface area contributed by atoms with E-state index >= 15 is 0 Å². The first kappa shape index (κ1) is 16.3. The summed E-state index contributed by atoms with van der Waals surface area (Å²) in [5.74, 6) is 1.54. The van der Waals surface area contributed by atoms with E-state index in [0.717, 1.165) is 28.4 Å². The molecule has 2 aromatic carbocycles. The van der Waals surface area contributed by atoms with Crippen LogP contribution in [0.5, 0.6) is 5.75 Å². The van der Waals surface area contributed by atoms with E-state index in [1.54, 1.807) is 0 Å². The van der Waals surface area contributed by atoms with E-state index in [4.69, 9.17) is 4.74 Å². The molecule has 2 rings (SSSR count). The highest BCUT2D eigenvalue weighted by Crippen LogP contribution is 2.18. The van der Waals surface area contributed by atoms with Gasteiger partial charge in [-0.05, 0) is 35.4 Å². The lowest BCUT2D eigenvalue weighted by molar-refractivity contribution is 0.154. The zero-order valence-electron chi connectivity index (χ0n) is 11.8. The molecule has 112 valence electrons. The summed E-state index contributed by atoms with van der Waals surface area (Å²) < 4.78 is 5.98. The number of aliphatic hydroxyl groups is 1. The van der Waals surface area contributed by atoms with Crippen LogP contribution in [-0.4, -0.2) is 17.8 Å². The molecular formula is C17H20O2S2. The van der Waals surface area contributed by atoms with E-state index in [2.05, 4.69) is 25.3 Å². The second-order valence-corrected chi connectivity index (χ2v) is 5.76. The molecule has 0 heterocycles. The van der Waals surface area contributed by atoms with Gasteiger partial charge in [-0.3, -0.25) is 0 Å². The molecule has 0 fully saturated rings. The van der Waals surface area contributed by atoms with Crippen LogP contribution in [0.15, 0.2) is 53.4 Å². The minimum absolute atomic E-state index is 0.0392. The van der Waals surface area contributed by atoms with Gasteiger partial charge in [-0.2, -0.15) is 12.6 Å². The number of benzene rings is 2. The minimum Gasteiger partial charge on any atom is -0.490 e. The van der Waals surface area contributed by atoms with Crippen LogP contribution in [0.3, 0.4) is 0 Å². The summed E-state index contributed by atoms with van der Waals surface area (Å²) in [6, 6.07) is 15.9. The SMILES string of the molecule is OCCC(Cc1ccc(S)cc1)Oc1ccc(CS)cc1. The van der Waals surface area contributed by atoms with Gasteiger partial charge < -0.3 is 9.84 Å². The molecular weight excluding hydrogens is 300 g/mol. The van der Waals surface area contributed by atoms with Gasteiger partial charge in [0.1, 0.15) is 11.9 Å². The average Bonchev–Trinajstić information content (AvgIpc) is 2.50. The van der Waals surface area contributed by atoms with Crippen molar-refractivity contribution in [3.8, 4) is 5.75 Å². The molecule has 1 unspecified atom stereocenters. The highest BCUT2D eigenvalue weighted by molar-refractivity contribution is 7.80. The number of aliphatic hydroxyl groups excluding tert-OH is 1. The van der Waals surface area contributed by atoms with Crippen LogP contribution in [0.1, 0.15) is 17.5 Å². The fraction of sp³-hybridized carbons (Fsp3) is 0.294. The molecule has 2 nitrogen and oxygen atoms in total. The Hall–Kier alpha value is -1.10. The van der Waals surface area contributed by atoms with Crippen LogP contribution in [0.25, 0.3) is 0 Å². The third-order valence-electron chi connectivity index (χ3n) is 3.26. The number of thiol groups is 2. The average molecular weight is 320 g/mol. The van der Waals surface area contributed by atoms with Crippen molar-refractivity contribution in [2.45, 2.75) is 29.6 Å². The summed E-state index contributed by atoms with van der Waals surface area (Å²) in [7, 11) is 0. The van der Waals surface area contributed by atoms with Crippen molar-refractivity contribution in [1.29, 1.82) is 0 Å². The van der Waals surface area contributed by atoms with Gasteiger partial charge >= 0.3 is 0 Å². The van der Waals surface area contributed by atoms with Crippen LogP contribution >= 0.6 is 25.3 Å². The number of hydrogen-bond donors (Lipinski definition) is 3. The maximum Gasteiger partial charge on any atom is 0.119 e. The second-order valence-electron chi connectivity index (χ2n) is 4.92. The first-order valence-electron chi connectivity index (χ1n) is 6.96. The predicted octanol–water partition coefficient (Wildman–Crippen LogP) is 3.78. The van der Waals surface area contributed by atoms with Crippen molar-refractivity contribution in [2.24, 2.45) is 0 Å². The number of hydrogen-bond acceptors (Lipinski definition) is 4. The maximum absolute atomic E-state index is 9.22. The predicted molar refractivity (Wildman–Crippen MR) is 92.6 cm³/mol.